The van der Waals surface area contributed by atoms with Gasteiger partial charge in [-0.15, -0.1) is 0 Å². The van der Waals surface area contributed by atoms with Crippen molar-refractivity contribution in [3.05, 3.63) is 51.0 Å². The van der Waals surface area contributed by atoms with Crippen molar-refractivity contribution in [2.24, 2.45) is 5.73 Å². The van der Waals surface area contributed by atoms with Crippen molar-refractivity contribution in [1.29, 1.82) is 0 Å². The quantitative estimate of drug-likeness (QED) is 0.910. The SMILES string of the molecule is CC(C)n1ncc(Br)c1C(N)c1cc(Cl)ccc1F. The minimum atomic E-state index is -0.627. The highest BCUT2D eigenvalue weighted by Gasteiger charge is 2.22. The normalized spacial score (nSPS) is 13.0. The average Bonchev–Trinajstić information content (AvgIpc) is 2.73. The van der Waals surface area contributed by atoms with Crippen LogP contribution in [0.5, 0.6) is 0 Å². The summed E-state index contributed by atoms with van der Waals surface area (Å²) in [5.74, 6) is -0.375. The number of hydrogen-bond acceptors (Lipinski definition) is 2. The molecule has 0 aliphatic carbocycles. The van der Waals surface area contributed by atoms with E-state index in [1.807, 2.05) is 13.8 Å². The van der Waals surface area contributed by atoms with Crippen LogP contribution in [0.3, 0.4) is 0 Å². The first kappa shape index (κ1) is 14.5. The van der Waals surface area contributed by atoms with Crippen LogP contribution in [-0.4, -0.2) is 9.78 Å². The van der Waals surface area contributed by atoms with Gasteiger partial charge in [0.15, 0.2) is 0 Å². The van der Waals surface area contributed by atoms with Gasteiger partial charge in [-0.1, -0.05) is 11.6 Å². The molecule has 0 radical (unpaired) electrons. The molecule has 1 aromatic heterocycles. The van der Waals surface area contributed by atoms with E-state index in [0.717, 1.165) is 10.2 Å². The molecule has 102 valence electrons. The molecule has 0 bridgehead atoms. The Bertz CT molecular complexity index is 598. The summed E-state index contributed by atoms with van der Waals surface area (Å²) in [5.41, 5.74) is 7.27. The third kappa shape index (κ3) is 2.83. The van der Waals surface area contributed by atoms with E-state index in [1.54, 1.807) is 16.9 Å². The minimum Gasteiger partial charge on any atom is -0.319 e. The summed E-state index contributed by atoms with van der Waals surface area (Å²) in [6, 6.07) is 3.88. The molecule has 6 heteroatoms. The monoisotopic (exact) mass is 345 g/mol. The Labute approximate surface area is 124 Å². The lowest BCUT2D eigenvalue weighted by Crippen LogP contribution is -2.20. The van der Waals surface area contributed by atoms with Crippen LogP contribution in [0.25, 0.3) is 0 Å². The van der Waals surface area contributed by atoms with Gasteiger partial charge in [-0.3, -0.25) is 4.68 Å². The highest BCUT2D eigenvalue weighted by molar-refractivity contribution is 9.10. The van der Waals surface area contributed by atoms with Gasteiger partial charge >= 0.3 is 0 Å². The Morgan fingerprint density at radius 2 is 2.11 bits per heavy atom. The van der Waals surface area contributed by atoms with E-state index in [-0.39, 0.29) is 11.9 Å². The molecular weight excluding hydrogens is 333 g/mol. The Kier molecular flexibility index (Phi) is 4.28. The van der Waals surface area contributed by atoms with Gasteiger partial charge in [0.2, 0.25) is 0 Å². The van der Waals surface area contributed by atoms with Gasteiger partial charge in [-0.05, 0) is 48.0 Å². The highest BCUT2D eigenvalue weighted by atomic mass is 79.9. The van der Waals surface area contributed by atoms with Crippen molar-refractivity contribution in [3.8, 4) is 0 Å². The van der Waals surface area contributed by atoms with Crippen LogP contribution in [-0.2, 0) is 0 Å². The fourth-order valence-electron chi connectivity index (χ4n) is 1.95. The topological polar surface area (TPSA) is 43.8 Å². The molecule has 0 saturated heterocycles. The second kappa shape index (κ2) is 5.61. The summed E-state index contributed by atoms with van der Waals surface area (Å²) in [5, 5.41) is 4.71. The molecule has 2 rings (SSSR count). The van der Waals surface area contributed by atoms with Crippen LogP contribution in [0.15, 0.2) is 28.9 Å². The van der Waals surface area contributed by atoms with E-state index in [4.69, 9.17) is 17.3 Å². The fourth-order valence-corrected chi connectivity index (χ4v) is 2.65. The van der Waals surface area contributed by atoms with Gasteiger partial charge in [0, 0.05) is 16.6 Å². The van der Waals surface area contributed by atoms with E-state index in [2.05, 4.69) is 21.0 Å². The van der Waals surface area contributed by atoms with Crippen molar-refractivity contribution in [2.75, 3.05) is 0 Å². The number of aromatic nitrogens is 2. The van der Waals surface area contributed by atoms with Crippen molar-refractivity contribution in [2.45, 2.75) is 25.9 Å². The summed E-state index contributed by atoms with van der Waals surface area (Å²) >= 11 is 9.32. The average molecular weight is 347 g/mol. The zero-order valence-corrected chi connectivity index (χ0v) is 12.9. The zero-order valence-electron chi connectivity index (χ0n) is 10.6. The van der Waals surface area contributed by atoms with Crippen LogP contribution in [0.2, 0.25) is 5.02 Å². The number of hydrogen-bond donors (Lipinski definition) is 1. The second-order valence-corrected chi connectivity index (χ2v) is 5.85. The van der Waals surface area contributed by atoms with Crippen LogP contribution in [0.1, 0.15) is 37.2 Å². The molecule has 1 heterocycles. The lowest BCUT2D eigenvalue weighted by Gasteiger charge is -2.18. The molecular formula is C13H14BrClFN3. The van der Waals surface area contributed by atoms with Crippen LogP contribution >= 0.6 is 27.5 Å². The van der Waals surface area contributed by atoms with E-state index >= 15 is 0 Å². The molecule has 3 nitrogen and oxygen atoms in total. The molecule has 0 aliphatic heterocycles. The Morgan fingerprint density at radius 1 is 1.42 bits per heavy atom. The molecule has 2 N–H and O–H groups in total. The molecule has 0 amide bonds. The molecule has 0 aliphatic rings. The first-order valence-corrected chi connectivity index (χ1v) is 7.02. The summed E-state index contributed by atoms with van der Waals surface area (Å²) in [4.78, 5) is 0. The predicted octanol–water partition coefficient (Wildman–Crippen LogP) is 4.07. The molecule has 0 fully saturated rings. The van der Waals surface area contributed by atoms with E-state index < -0.39 is 6.04 Å². The van der Waals surface area contributed by atoms with Crippen LogP contribution in [0.4, 0.5) is 4.39 Å². The van der Waals surface area contributed by atoms with Gasteiger partial charge in [-0.25, -0.2) is 4.39 Å². The molecule has 1 unspecified atom stereocenters. The Morgan fingerprint density at radius 3 is 2.74 bits per heavy atom. The maximum atomic E-state index is 13.9. The smallest absolute Gasteiger partial charge is 0.128 e. The number of nitrogens with zero attached hydrogens (tertiary/aromatic N) is 2. The lowest BCUT2D eigenvalue weighted by atomic mass is 10.0. The molecule has 19 heavy (non-hydrogen) atoms. The fraction of sp³-hybridized carbons (Fsp3) is 0.308. The van der Waals surface area contributed by atoms with Crippen molar-refractivity contribution in [1.82, 2.24) is 9.78 Å². The molecule has 2 aromatic rings. The van der Waals surface area contributed by atoms with Crippen molar-refractivity contribution >= 4 is 27.5 Å². The number of nitrogens with two attached hydrogens (primary N) is 1. The summed E-state index contributed by atoms with van der Waals surface area (Å²) < 4.78 is 16.4. The van der Waals surface area contributed by atoms with Gasteiger partial charge in [0.25, 0.3) is 0 Å². The standard InChI is InChI=1S/C13H14BrClFN3/c1-7(2)19-13(10(14)6-18-19)12(17)9-5-8(15)3-4-11(9)16/h3-7,12H,17H2,1-2H3. The summed E-state index contributed by atoms with van der Waals surface area (Å²) in [6.07, 6.45) is 1.66. The maximum absolute atomic E-state index is 13.9. The van der Waals surface area contributed by atoms with Crippen molar-refractivity contribution < 1.29 is 4.39 Å². The Balaban J connectivity index is 2.52. The number of halogens is 3. The first-order valence-electron chi connectivity index (χ1n) is 5.85. The van der Waals surface area contributed by atoms with E-state index in [0.29, 0.717) is 10.6 Å². The van der Waals surface area contributed by atoms with Crippen LogP contribution < -0.4 is 5.73 Å². The highest BCUT2D eigenvalue weighted by Crippen LogP contribution is 2.31. The molecule has 0 saturated carbocycles. The molecule has 1 atom stereocenters. The maximum Gasteiger partial charge on any atom is 0.128 e. The largest absolute Gasteiger partial charge is 0.319 e. The summed E-state index contributed by atoms with van der Waals surface area (Å²) in [6.45, 7) is 3.98. The zero-order chi connectivity index (χ0) is 14.2. The number of rotatable bonds is 3. The van der Waals surface area contributed by atoms with E-state index in [1.165, 1.54) is 12.1 Å². The third-order valence-electron chi connectivity index (χ3n) is 2.86. The second-order valence-electron chi connectivity index (χ2n) is 4.56. The van der Waals surface area contributed by atoms with Gasteiger partial charge in [0.05, 0.1) is 22.4 Å². The molecule has 0 spiro atoms. The van der Waals surface area contributed by atoms with Crippen molar-refractivity contribution in [3.63, 3.8) is 0 Å². The third-order valence-corrected chi connectivity index (χ3v) is 3.71. The Hall–Kier alpha value is -0.910. The summed E-state index contributed by atoms with van der Waals surface area (Å²) in [7, 11) is 0. The molecule has 1 aromatic carbocycles. The van der Waals surface area contributed by atoms with E-state index in [9.17, 15) is 4.39 Å². The lowest BCUT2D eigenvalue weighted by molar-refractivity contribution is 0.493. The van der Waals surface area contributed by atoms with Gasteiger partial charge < -0.3 is 5.73 Å². The van der Waals surface area contributed by atoms with Crippen LogP contribution in [0, 0.1) is 5.82 Å². The van der Waals surface area contributed by atoms with Gasteiger partial charge in [-0.2, -0.15) is 5.10 Å². The minimum absolute atomic E-state index is 0.134. The number of benzene rings is 1. The first-order chi connectivity index (χ1) is 8.91. The predicted molar refractivity (Wildman–Crippen MR) is 77.8 cm³/mol. The van der Waals surface area contributed by atoms with Gasteiger partial charge in [0.1, 0.15) is 5.82 Å².